The normalized spacial score (nSPS) is 10.6. The molecule has 0 bridgehead atoms. The number of methoxy groups -OCH3 is 1. The Labute approximate surface area is 119 Å². The Hall–Kier alpha value is -2.10. The largest absolute Gasteiger partial charge is 0.496 e. The summed E-state index contributed by atoms with van der Waals surface area (Å²) < 4.78 is 7.17. The summed E-state index contributed by atoms with van der Waals surface area (Å²) in [6.07, 6.45) is 0.341. The van der Waals surface area contributed by atoms with Crippen LogP contribution in [0.25, 0.3) is 0 Å². The number of hydrogen-bond donors (Lipinski definition) is 0. The first kappa shape index (κ1) is 14.3. The standard InChI is InChI=1S/C16H20N2O2/c1-5-18-13(9-12(3)17-18)10-15(19)14-7-6-11(2)8-16(14)20-4/h6-9H,5,10H2,1-4H3. The van der Waals surface area contributed by atoms with Crippen molar-refractivity contribution in [2.24, 2.45) is 0 Å². The van der Waals surface area contributed by atoms with Gasteiger partial charge in [-0.3, -0.25) is 9.48 Å². The maximum atomic E-state index is 12.5. The molecule has 0 aliphatic rings. The van der Waals surface area contributed by atoms with Gasteiger partial charge in [0.2, 0.25) is 0 Å². The molecule has 1 heterocycles. The molecule has 4 heteroatoms. The van der Waals surface area contributed by atoms with Crippen LogP contribution in [0.3, 0.4) is 0 Å². The van der Waals surface area contributed by atoms with Crippen LogP contribution >= 0.6 is 0 Å². The van der Waals surface area contributed by atoms with E-state index in [1.54, 1.807) is 7.11 Å². The highest BCUT2D eigenvalue weighted by atomic mass is 16.5. The van der Waals surface area contributed by atoms with Crippen LogP contribution in [0.2, 0.25) is 0 Å². The average molecular weight is 272 g/mol. The summed E-state index contributed by atoms with van der Waals surface area (Å²) in [6.45, 7) is 6.70. The fraction of sp³-hybridized carbons (Fsp3) is 0.375. The third-order valence-electron chi connectivity index (χ3n) is 3.28. The summed E-state index contributed by atoms with van der Waals surface area (Å²) in [6, 6.07) is 7.60. The lowest BCUT2D eigenvalue weighted by Crippen LogP contribution is -2.10. The summed E-state index contributed by atoms with van der Waals surface area (Å²) in [7, 11) is 1.59. The van der Waals surface area contributed by atoms with Gasteiger partial charge in [-0.1, -0.05) is 6.07 Å². The smallest absolute Gasteiger partial charge is 0.172 e. The van der Waals surface area contributed by atoms with Gasteiger partial charge in [-0.15, -0.1) is 0 Å². The van der Waals surface area contributed by atoms with Gasteiger partial charge in [-0.2, -0.15) is 5.10 Å². The maximum Gasteiger partial charge on any atom is 0.172 e. The summed E-state index contributed by atoms with van der Waals surface area (Å²) >= 11 is 0. The molecular formula is C16H20N2O2. The number of benzene rings is 1. The van der Waals surface area contributed by atoms with Gasteiger partial charge in [-0.25, -0.2) is 0 Å². The first-order chi connectivity index (χ1) is 9.55. The van der Waals surface area contributed by atoms with Crippen LogP contribution in [0, 0.1) is 13.8 Å². The molecule has 0 atom stereocenters. The minimum atomic E-state index is 0.0523. The Morgan fingerprint density at radius 3 is 2.70 bits per heavy atom. The van der Waals surface area contributed by atoms with Gasteiger partial charge < -0.3 is 4.74 Å². The van der Waals surface area contributed by atoms with E-state index in [9.17, 15) is 4.79 Å². The van der Waals surface area contributed by atoms with Crippen LogP contribution in [0.4, 0.5) is 0 Å². The van der Waals surface area contributed by atoms with Gasteiger partial charge in [-0.05, 0) is 44.5 Å². The lowest BCUT2D eigenvalue weighted by molar-refractivity contribution is 0.0987. The van der Waals surface area contributed by atoms with Gasteiger partial charge in [0.1, 0.15) is 5.75 Å². The molecule has 1 aromatic heterocycles. The number of carbonyl (C=O) groups excluding carboxylic acids is 1. The molecule has 20 heavy (non-hydrogen) atoms. The molecule has 0 spiro atoms. The van der Waals surface area contributed by atoms with E-state index >= 15 is 0 Å². The van der Waals surface area contributed by atoms with E-state index in [4.69, 9.17) is 4.74 Å². The van der Waals surface area contributed by atoms with Crippen molar-refractivity contribution < 1.29 is 9.53 Å². The molecule has 0 aliphatic heterocycles. The van der Waals surface area contributed by atoms with Crippen molar-refractivity contribution >= 4 is 5.78 Å². The zero-order valence-corrected chi connectivity index (χ0v) is 12.4. The molecule has 0 amide bonds. The van der Waals surface area contributed by atoms with Crippen LogP contribution in [-0.4, -0.2) is 22.7 Å². The van der Waals surface area contributed by atoms with E-state index in [1.807, 2.05) is 49.7 Å². The molecule has 0 fully saturated rings. The van der Waals surface area contributed by atoms with Gasteiger partial charge in [0, 0.05) is 12.2 Å². The van der Waals surface area contributed by atoms with Crippen LogP contribution in [0.15, 0.2) is 24.3 Å². The quantitative estimate of drug-likeness (QED) is 0.786. The Balaban J connectivity index is 2.28. The molecule has 2 aromatic rings. The second-order valence-corrected chi connectivity index (χ2v) is 4.90. The van der Waals surface area contributed by atoms with Crippen molar-refractivity contribution in [3.8, 4) is 5.75 Å². The molecule has 0 saturated heterocycles. The molecule has 0 saturated carbocycles. The summed E-state index contributed by atoms with van der Waals surface area (Å²) in [5.41, 5.74) is 3.58. The van der Waals surface area contributed by atoms with Crippen molar-refractivity contribution in [3.63, 3.8) is 0 Å². The van der Waals surface area contributed by atoms with Crippen molar-refractivity contribution in [1.29, 1.82) is 0 Å². The van der Waals surface area contributed by atoms with E-state index in [2.05, 4.69) is 5.10 Å². The molecule has 1 aromatic carbocycles. The van der Waals surface area contributed by atoms with Crippen molar-refractivity contribution in [1.82, 2.24) is 9.78 Å². The van der Waals surface area contributed by atoms with E-state index in [0.29, 0.717) is 17.7 Å². The zero-order chi connectivity index (χ0) is 14.7. The number of rotatable bonds is 5. The Morgan fingerprint density at radius 1 is 1.30 bits per heavy atom. The number of ketones is 1. The maximum absolute atomic E-state index is 12.5. The summed E-state index contributed by atoms with van der Waals surface area (Å²) in [5.74, 6) is 0.686. The molecular weight excluding hydrogens is 252 g/mol. The number of carbonyl (C=O) groups is 1. The minimum Gasteiger partial charge on any atom is -0.496 e. The van der Waals surface area contributed by atoms with Crippen molar-refractivity contribution in [2.75, 3.05) is 7.11 Å². The average Bonchev–Trinajstić information content (AvgIpc) is 2.78. The topological polar surface area (TPSA) is 44.1 Å². The molecule has 2 rings (SSSR count). The van der Waals surface area contributed by atoms with Crippen molar-refractivity contribution in [3.05, 3.63) is 46.8 Å². The molecule has 0 unspecified atom stereocenters. The van der Waals surface area contributed by atoms with Gasteiger partial charge >= 0.3 is 0 Å². The van der Waals surface area contributed by atoms with Crippen LogP contribution < -0.4 is 4.74 Å². The second-order valence-electron chi connectivity index (χ2n) is 4.90. The molecule has 0 radical (unpaired) electrons. The number of aryl methyl sites for hydroxylation is 3. The Kier molecular flexibility index (Phi) is 4.23. The van der Waals surface area contributed by atoms with Crippen LogP contribution in [0.1, 0.15) is 34.2 Å². The lowest BCUT2D eigenvalue weighted by Gasteiger charge is -2.09. The minimum absolute atomic E-state index is 0.0523. The summed E-state index contributed by atoms with van der Waals surface area (Å²) in [5, 5.41) is 4.37. The highest BCUT2D eigenvalue weighted by Gasteiger charge is 2.15. The predicted octanol–water partition coefficient (Wildman–Crippen LogP) is 2.95. The number of ether oxygens (including phenoxy) is 1. The number of aromatic nitrogens is 2. The van der Waals surface area contributed by atoms with E-state index in [0.717, 1.165) is 23.5 Å². The van der Waals surface area contributed by atoms with Crippen LogP contribution in [0.5, 0.6) is 5.75 Å². The second kappa shape index (κ2) is 5.90. The third kappa shape index (κ3) is 2.90. The van der Waals surface area contributed by atoms with Crippen molar-refractivity contribution in [2.45, 2.75) is 33.7 Å². The number of nitrogens with zero attached hydrogens (tertiary/aromatic N) is 2. The molecule has 0 N–H and O–H groups in total. The lowest BCUT2D eigenvalue weighted by atomic mass is 10.0. The summed E-state index contributed by atoms with van der Waals surface area (Å²) in [4.78, 5) is 12.5. The first-order valence-electron chi connectivity index (χ1n) is 6.76. The third-order valence-corrected chi connectivity index (χ3v) is 3.28. The van der Waals surface area contributed by atoms with Gasteiger partial charge in [0.25, 0.3) is 0 Å². The molecule has 0 aliphatic carbocycles. The first-order valence-corrected chi connectivity index (χ1v) is 6.76. The molecule has 106 valence electrons. The SMILES string of the molecule is CCn1nc(C)cc1CC(=O)c1ccc(C)cc1OC. The fourth-order valence-electron chi connectivity index (χ4n) is 2.30. The zero-order valence-electron chi connectivity index (χ0n) is 12.4. The Bertz CT molecular complexity index is 629. The van der Waals surface area contributed by atoms with E-state index in [-0.39, 0.29) is 5.78 Å². The Morgan fingerprint density at radius 2 is 2.05 bits per heavy atom. The highest BCUT2D eigenvalue weighted by molar-refractivity contribution is 5.99. The van der Waals surface area contributed by atoms with E-state index < -0.39 is 0 Å². The fourth-order valence-corrected chi connectivity index (χ4v) is 2.30. The predicted molar refractivity (Wildman–Crippen MR) is 78.4 cm³/mol. The number of hydrogen-bond acceptors (Lipinski definition) is 3. The molecule has 4 nitrogen and oxygen atoms in total. The highest BCUT2D eigenvalue weighted by Crippen LogP contribution is 2.22. The monoisotopic (exact) mass is 272 g/mol. The van der Waals surface area contributed by atoms with E-state index in [1.165, 1.54) is 0 Å². The van der Waals surface area contributed by atoms with Crippen LogP contribution in [-0.2, 0) is 13.0 Å². The van der Waals surface area contributed by atoms with Gasteiger partial charge in [0.15, 0.2) is 5.78 Å². The van der Waals surface area contributed by atoms with Gasteiger partial charge in [0.05, 0.1) is 24.8 Å². The number of Topliss-reactive ketones (excluding diaryl/α,β-unsaturated/α-hetero) is 1.